The van der Waals surface area contributed by atoms with Crippen molar-refractivity contribution < 1.29 is 4.79 Å². The van der Waals surface area contributed by atoms with Crippen LogP contribution in [0, 0.1) is 11.8 Å². The molecule has 0 radical (unpaired) electrons. The topological polar surface area (TPSA) is 26.8 Å². The number of nitrogens with zero attached hydrogens (tertiary/aromatic N) is 3. The van der Waals surface area contributed by atoms with Gasteiger partial charge in [0.1, 0.15) is 0 Å². The van der Waals surface area contributed by atoms with Crippen molar-refractivity contribution in [2.45, 2.75) is 40.2 Å². The Bertz CT molecular complexity index is 322. The second-order valence-corrected chi connectivity index (χ2v) is 7.09. The summed E-state index contributed by atoms with van der Waals surface area (Å²) in [6.07, 6.45) is 1.04. The highest BCUT2D eigenvalue weighted by Crippen LogP contribution is 2.21. The van der Waals surface area contributed by atoms with E-state index in [0.717, 1.165) is 52.2 Å². The van der Waals surface area contributed by atoms with E-state index < -0.39 is 0 Å². The lowest BCUT2D eigenvalue weighted by molar-refractivity contribution is -0.137. The van der Waals surface area contributed by atoms with Crippen molar-refractivity contribution in [2.75, 3.05) is 45.8 Å². The molecule has 4 heteroatoms. The molecule has 0 spiro atoms. The molecule has 2 saturated heterocycles. The van der Waals surface area contributed by atoms with Crippen molar-refractivity contribution in [3.8, 4) is 0 Å². The zero-order valence-corrected chi connectivity index (χ0v) is 13.6. The molecule has 2 rings (SSSR count). The number of hydrogen-bond acceptors (Lipinski definition) is 3. The number of carbonyl (C=O) groups excluding carboxylic acids is 1. The van der Waals surface area contributed by atoms with E-state index in [1.165, 1.54) is 0 Å². The van der Waals surface area contributed by atoms with Crippen LogP contribution < -0.4 is 0 Å². The first-order chi connectivity index (χ1) is 9.47. The molecule has 0 aromatic heterocycles. The fraction of sp³-hybridized carbons (Fsp3) is 0.938. The minimum Gasteiger partial charge on any atom is -0.340 e. The van der Waals surface area contributed by atoms with Gasteiger partial charge >= 0.3 is 0 Å². The van der Waals surface area contributed by atoms with Gasteiger partial charge < -0.3 is 9.80 Å². The summed E-state index contributed by atoms with van der Waals surface area (Å²) in [7, 11) is 0. The Kier molecular flexibility index (Phi) is 5.44. The Hall–Kier alpha value is -0.610. The number of piperazine rings is 1. The molecule has 2 fully saturated rings. The Balaban J connectivity index is 1.78. The van der Waals surface area contributed by atoms with E-state index in [2.05, 4.69) is 42.4 Å². The van der Waals surface area contributed by atoms with Crippen LogP contribution in [0.5, 0.6) is 0 Å². The number of carbonyl (C=O) groups is 1. The first-order valence-electron chi connectivity index (χ1n) is 8.22. The number of hydrogen-bond donors (Lipinski definition) is 0. The van der Waals surface area contributed by atoms with Gasteiger partial charge in [-0.3, -0.25) is 9.69 Å². The van der Waals surface area contributed by atoms with Gasteiger partial charge in [0.15, 0.2) is 0 Å². The molecule has 0 aromatic carbocycles. The highest BCUT2D eigenvalue weighted by molar-refractivity contribution is 5.79. The fourth-order valence-corrected chi connectivity index (χ4v) is 3.38. The monoisotopic (exact) mass is 281 g/mol. The van der Waals surface area contributed by atoms with Crippen molar-refractivity contribution in [1.82, 2.24) is 14.7 Å². The van der Waals surface area contributed by atoms with Crippen LogP contribution in [0.2, 0.25) is 0 Å². The zero-order chi connectivity index (χ0) is 14.7. The zero-order valence-electron chi connectivity index (χ0n) is 13.6. The van der Waals surface area contributed by atoms with Crippen molar-refractivity contribution >= 4 is 5.91 Å². The second-order valence-electron chi connectivity index (χ2n) is 7.09. The van der Waals surface area contributed by atoms with Crippen LogP contribution in [0.1, 0.15) is 34.1 Å². The first-order valence-corrected chi connectivity index (χ1v) is 8.22. The van der Waals surface area contributed by atoms with Gasteiger partial charge in [-0.05, 0) is 32.7 Å². The summed E-state index contributed by atoms with van der Waals surface area (Å²) in [5.74, 6) is 1.36. The molecule has 0 saturated carbocycles. The highest BCUT2D eigenvalue weighted by Gasteiger charge is 2.33. The maximum absolute atomic E-state index is 12.6. The van der Waals surface area contributed by atoms with Crippen molar-refractivity contribution in [3.05, 3.63) is 0 Å². The summed E-state index contributed by atoms with van der Waals surface area (Å²) in [6.45, 7) is 16.1. The van der Waals surface area contributed by atoms with Crippen LogP contribution >= 0.6 is 0 Å². The summed E-state index contributed by atoms with van der Waals surface area (Å²) < 4.78 is 0. The lowest BCUT2D eigenvalue weighted by atomic mass is 10.1. The summed E-state index contributed by atoms with van der Waals surface area (Å²) >= 11 is 0. The fourth-order valence-electron chi connectivity index (χ4n) is 3.38. The molecule has 20 heavy (non-hydrogen) atoms. The van der Waals surface area contributed by atoms with Crippen LogP contribution in [0.15, 0.2) is 0 Å². The SMILES string of the molecule is CC(C)CN1CCN(C(=O)C2CCN(C(C)C)C2)CC1. The predicted octanol–water partition coefficient (Wildman–Crippen LogP) is 1.52. The van der Waals surface area contributed by atoms with Crippen LogP contribution in [-0.4, -0.2) is 72.5 Å². The molecule has 2 aliphatic heterocycles. The average Bonchev–Trinajstić information content (AvgIpc) is 2.88. The minimum atomic E-state index is 0.244. The third-order valence-corrected chi connectivity index (χ3v) is 4.61. The van der Waals surface area contributed by atoms with Gasteiger partial charge in [-0.25, -0.2) is 0 Å². The molecule has 1 atom stereocenters. The van der Waals surface area contributed by atoms with E-state index in [9.17, 15) is 4.79 Å². The molecular formula is C16H31N3O. The maximum atomic E-state index is 12.6. The maximum Gasteiger partial charge on any atom is 0.227 e. The van der Waals surface area contributed by atoms with E-state index in [0.29, 0.717) is 17.9 Å². The van der Waals surface area contributed by atoms with Gasteiger partial charge in [-0.1, -0.05) is 13.8 Å². The van der Waals surface area contributed by atoms with Gasteiger partial charge in [-0.15, -0.1) is 0 Å². The van der Waals surface area contributed by atoms with Crippen LogP contribution in [0.3, 0.4) is 0 Å². The minimum absolute atomic E-state index is 0.244. The lowest BCUT2D eigenvalue weighted by Gasteiger charge is -2.36. The van der Waals surface area contributed by atoms with E-state index in [1.54, 1.807) is 0 Å². The van der Waals surface area contributed by atoms with Gasteiger partial charge in [-0.2, -0.15) is 0 Å². The molecular weight excluding hydrogens is 250 g/mol. The average molecular weight is 281 g/mol. The van der Waals surface area contributed by atoms with Gasteiger partial charge in [0, 0.05) is 45.3 Å². The number of rotatable bonds is 4. The van der Waals surface area contributed by atoms with Crippen LogP contribution in [0.25, 0.3) is 0 Å². The largest absolute Gasteiger partial charge is 0.340 e. The molecule has 0 bridgehead atoms. The number of likely N-dealkylation sites (tertiary alicyclic amines) is 1. The van der Waals surface area contributed by atoms with Crippen molar-refractivity contribution in [2.24, 2.45) is 11.8 Å². The molecule has 0 aliphatic carbocycles. The van der Waals surface area contributed by atoms with Crippen LogP contribution in [0.4, 0.5) is 0 Å². The van der Waals surface area contributed by atoms with E-state index >= 15 is 0 Å². The molecule has 1 amide bonds. The quantitative estimate of drug-likeness (QED) is 0.782. The van der Waals surface area contributed by atoms with Crippen molar-refractivity contribution in [1.29, 1.82) is 0 Å². The molecule has 0 N–H and O–H groups in total. The summed E-state index contributed by atoms with van der Waals surface area (Å²) in [6, 6.07) is 0.565. The summed E-state index contributed by atoms with van der Waals surface area (Å²) in [4.78, 5) is 19.6. The Labute approximate surface area is 124 Å². The Morgan fingerprint density at radius 1 is 1.05 bits per heavy atom. The van der Waals surface area contributed by atoms with E-state index in [-0.39, 0.29) is 5.92 Å². The predicted molar refractivity (Wildman–Crippen MR) is 82.7 cm³/mol. The Morgan fingerprint density at radius 3 is 2.20 bits per heavy atom. The van der Waals surface area contributed by atoms with Crippen molar-refractivity contribution in [3.63, 3.8) is 0 Å². The van der Waals surface area contributed by atoms with Crippen LogP contribution in [-0.2, 0) is 4.79 Å². The molecule has 2 heterocycles. The smallest absolute Gasteiger partial charge is 0.227 e. The van der Waals surface area contributed by atoms with E-state index in [1.807, 2.05) is 0 Å². The molecule has 4 nitrogen and oxygen atoms in total. The second kappa shape index (κ2) is 6.90. The van der Waals surface area contributed by atoms with Gasteiger partial charge in [0.2, 0.25) is 5.91 Å². The van der Waals surface area contributed by atoms with Gasteiger partial charge in [0.05, 0.1) is 5.92 Å². The lowest BCUT2D eigenvalue weighted by Crippen LogP contribution is -2.51. The first kappa shape index (κ1) is 15.8. The van der Waals surface area contributed by atoms with E-state index in [4.69, 9.17) is 0 Å². The normalized spacial score (nSPS) is 25.9. The Morgan fingerprint density at radius 2 is 1.70 bits per heavy atom. The molecule has 2 aliphatic rings. The molecule has 1 unspecified atom stereocenters. The number of amides is 1. The summed E-state index contributed by atoms with van der Waals surface area (Å²) in [5, 5.41) is 0. The van der Waals surface area contributed by atoms with Gasteiger partial charge in [0.25, 0.3) is 0 Å². The third-order valence-electron chi connectivity index (χ3n) is 4.61. The molecule has 0 aromatic rings. The molecule has 116 valence electrons. The highest BCUT2D eigenvalue weighted by atomic mass is 16.2. The standard InChI is InChI=1S/C16H31N3O/c1-13(2)11-17-7-9-18(10-8-17)16(20)15-5-6-19(12-15)14(3)4/h13-15H,5-12H2,1-4H3. The third kappa shape index (κ3) is 3.95. The summed E-state index contributed by atoms with van der Waals surface area (Å²) in [5.41, 5.74) is 0.